The van der Waals surface area contributed by atoms with Crippen molar-refractivity contribution < 1.29 is 24.2 Å². The van der Waals surface area contributed by atoms with E-state index >= 15 is 0 Å². The van der Waals surface area contributed by atoms with Gasteiger partial charge in [0.2, 0.25) is 5.13 Å². The van der Waals surface area contributed by atoms with Gasteiger partial charge < -0.3 is 14.6 Å². The van der Waals surface area contributed by atoms with Gasteiger partial charge in [-0.05, 0) is 47.4 Å². The summed E-state index contributed by atoms with van der Waals surface area (Å²) < 4.78 is 12.4. The topological polar surface area (TPSA) is 102 Å². The first-order chi connectivity index (χ1) is 22.9. The van der Waals surface area contributed by atoms with Crippen LogP contribution in [0.15, 0.2) is 125 Å². The first-order valence-electron chi connectivity index (χ1n) is 14.8. The molecule has 5 aromatic rings. The quantitative estimate of drug-likeness (QED) is 0.0818. The SMILES string of the molecule is COc1cc(C2C(C(=O)C=Cc3ccccc3)=C(O)C(=O)N2c2nnc(SCc3ccc(C)cc3)s2)ccc1OCc1ccccc1. The van der Waals surface area contributed by atoms with Crippen LogP contribution in [0.2, 0.25) is 0 Å². The van der Waals surface area contributed by atoms with Gasteiger partial charge in [-0.3, -0.25) is 14.5 Å². The van der Waals surface area contributed by atoms with Crippen LogP contribution in [-0.2, 0) is 21.9 Å². The summed E-state index contributed by atoms with van der Waals surface area (Å²) in [6.45, 7) is 2.37. The third kappa shape index (κ3) is 7.29. The van der Waals surface area contributed by atoms with Gasteiger partial charge in [-0.2, -0.15) is 0 Å². The van der Waals surface area contributed by atoms with Crippen LogP contribution in [0.25, 0.3) is 6.08 Å². The molecule has 0 saturated heterocycles. The molecule has 0 radical (unpaired) electrons. The van der Waals surface area contributed by atoms with Crippen LogP contribution in [0.1, 0.15) is 33.9 Å². The minimum Gasteiger partial charge on any atom is -0.503 e. The molecule has 0 fully saturated rings. The molecule has 1 atom stereocenters. The maximum absolute atomic E-state index is 13.7. The fraction of sp³-hybridized carbons (Fsp3) is 0.135. The van der Waals surface area contributed by atoms with E-state index in [4.69, 9.17) is 9.47 Å². The molecule has 47 heavy (non-hydrogen) atoms. The number of amides is 1. The number of carbonyl (C=O) groups is 2. The molecule has 1 unspecified atom stereocenters. The lowest BCUT2D eigenvalue weighted by molar-refractivity contribution is -0.117. The van der Waals surface area contributed by atoms with E-state index in [1.165, 1.54) is 46.7 Å². The zero-order valence-corrected chi connectivity index (χ0v) is 27.3. The molecule has 2 heterocycles. The number of aliphatic hydroxyl groups excluding tert-OH is 1. The van der Waals surface area contributed by atoms with Crippen molar-refractivity contribution >= 4 is 46.0 Å². The van der Waals surface area contributed by atoms with Gasteiger partial charge in [-0.25, -0.2) is 0 Å². The van der Waals surface area contributed by atoms with Gasteiger partial charge in [-0.15, -0.1) is 10.2 Å². The van der Waals surface area contributed by atoms with E-state index in [0.29, 0.717) is 33.8 Å². The lowest BCUT2D eigenvalue weighted by Crippen LogP contribution is -2.30. The van der Waals surface area contributed by atoms with E-state index in [1.54, 1.807) is 24.3 Å². The molecule has 1 N–H and O–H groups in total. The van der Waals surface area contributed by atoms with Gasteiger partial charge in [0, 0.05) is 5.75 Å². The number of methoxy groups -OCH3 is 1. The van der Waals surface area contributed by atoms with Crippen molar-refractivity contribution in [2.24, 2.45) is 0 Å². The monoisotopic (exact) mass is 661 g/mol. The summed E-state index contributed by atoms with van der Waals surface area (Å²) in [5, 5.41) is 20.1. The standard InChI is InChI=1S/C37H31N3O5S2/c1-24-13-15-27(16-14-24)23-46-37-39-38-36(47-37)40-33(32(34(42)35(40)43)29(41)19-17-25-9-5-3-6-10-25)28-18-20-30(31(21-28)44-2)45-22-26-11-7-4-8-12-26/h3-21,33,42H,22-23H2,1-2H3. The number of thioether (sulfide) groups is 1. The molecule has 0 bridgehead atoms. The normalized spacial score (nSPS) is 14.6. The van der Waals surface area contributed by atoms with Gasteiger partial charge in [0.1, 0.15) is 6.61 Å². The van der Waals surface area contributed by atoms with E-state index in [-0.39, 0.29) is 10.7 Å². The van der Waals surface area contributed by atoms with Crippen LogP contribution in [0.4, 0.5) is 5.13 Å². The highest BCUT2D eigenvalue weighted by atomic mass is 32.2. The van der Waals surface area contributed by atoms with E-state index in [9.17, 15) is 14.7 Å². The predicted octanol–water partition coefficient (Wildman–Crippen LogP) is 7.91. The molecule has 0 saturated carbocycles. The second kappa shape index (κ2) is 14.5. The predicted molar refractivity (Wildman–Crippen MR) is 185 cm³/mol. The number of allylic oxidation sites excluding steroid dienone is 1. The van der Waals surface area contributed by atoms with Crippen LogP contribution < -0.4 is 14.4 Å². The first kappa shape index (κ1) is 31.8. The number of aliphatic hydroxyl groups is 1. The summed E-state index contributed by atoms with van der Waals surface area (Å²) in [5.74, 6) is -0.298. The number of ether oxygens (including phenoxy) is 2. The highest BCUT2D eigenvalue weighted by Crippen LogP contribution is 2.45. The highest BCUT2D eigenvalue weighted by molar-refractivity contribution is 8.00. The average Bonchev–Trinajstić information content (AvgIpc) is 3.68. The third-order valence-electron chi connectivity index (χ3n) is 7.53. The molecule has 1 amide bonds. The number of benzene rings is 4. The Morgan fingerprint density at radius 2 is 1.66 bits per heavy atom. The van der Waals surface area contributed by atoms with Crippen LogP contribution in [0, 0.1) is 6.92 Å². The van der Waals surface area contributed by atoms with E-state index in [0.717, 1.165) is 16.7 Å². The smallest absolute Gasteiger partial charge is 0.296 e. The summed E-state index contributed by atoms with van der Waals surface area (Å²) in [7, 11) is 1.52. The summed E-state index contributed by atoms with van der Waals surface area (Å²) >= 11 is 2.72. The molecule has 10 heteroatoms. The van der Waals surface area contributed by atoms with Gasteiger partial charge in [0.05, 0.1) is 18.7 Å². The molecule has 1 aliphatic rings. The number of rotatable bonds is 12. The Labute approximate surface area is 281 Å². The Morgan fingerprint density at radius 3 is 2.38 bits per heavy atom. The van der Waals surface area contributed by atoms with Gasteiger partial charge in [0.15, 0.2) is 27.4 Å². The number of hydrogen-bond acceptors (Lipinski definition) is 9. The minimum atomic E-state index is -0.990. The van der Waals surface area contributed by atoms with Gasteiger partial charge >= 0.3 is 0 Å². The fourth-order valence-electron chi connectivity index (χ4n) is 5.09. The molecule has 1 aromatic heterocycles. The lowest BCUT2D eigenvalue weighted by atomic mass is 9.95. The zero-order valence-electron chi connectivity index (χ0n) is 25.7. The molecular formula is C37H31N3O5S2. The second-order valence-electron chi connectivity index (χ2n) is 10.8. The minimum absolute atomic E-state index is 0.0637. The van der Waals surface area contributed by atoms with Gasteiger partial charge in [-0.1, -0.05) is 126 Å². The number of carbonyl (C=O) groups excluding carboxylic acids is 2. The van der Waals surface area contributed by atoms with E-state index < -0.39 is 23.5 Å². The van der Waals surface area contributed by atoms with Crippen molar-refractivity contribution in [2.45, 2.75) is 29.7 Å². The van der Waals surface area contributed by atoms with E-state index in [1.807, 2.05) is 67.6 Å². The Balaban J connectivity index is 1.33. The van der Waals surface area contributed by atoms with Crippen LogP contribution in [-0.4, -0.2) is 34.1 Å². The largest absolute Gasteiger partial charge is 0.503 e. The Kier molecular flexibility index (Phi) is 9.80. The van der Waals surface area contributed by atoms with Crippen molar-refractivity contribution in [3.8, 4) is 11.5 Å². The molecule has 8 nitrogen and oxygen atoms in total. The van der Waals surface area contributed by atoms with Crippen molar-refractivity contribution in [1.29, 1.82) is 0 Å². The van der Waals surface area contributed by atoms with Gasteiger partial charge in [0.25, 0.3) is 5.91 Å². The van der Waals surface area contributed by atoms with Crippen molar-refractivity contribution in [1.82, 2.24) is 10.2 Å². The Morgan fingerprint density at radius 1 is 0.936 bits per heavy atom. The van der Waals surface area contributed by atoms with Crippen molar-refractivity contribution in [3.63, 3.8) is 0 Å². The maximum Gasteiger partial charge on any atom is 0.296 e. The molecule has 4 aromatic carbocycles. The zero-order chi connectivity index (χ0) is 32.8. The molecule has 6 rings (SSSR count). The number of ketones is 1. The lowest BCUT2D eigenvalue weighted by Gasteiger charge is -2.24. The third-order valence-corrected chi connectivity index (χ3v) is 9.65. The average molecular weight is 662 g/mol. The summed E-state index contributed by atoms with van der Waals surface area (Å²) in [4.78, 5) is 28.8. The molecule has 0 aliphatic carbocycles. The van der Waals surface area contributed by atoms with Crippen molar-refractivity contribution in [3.05, 3.63) is 148 Å². The Hall–Kier alpha value is -5.19. The van der Waals surface area contributed by atoms with Crippen molar-refractivity contribution in [2.75, 3.05) is 12.0 Å². The van der Waals surface area contributed by atoms with Crippen LogP contribution in [0.3, 0.4) is 0 Å². The maximum atomic E-state index is 13.7. The first-order valence-corrected chi connectivity index (χ1v) is 16.6. The van der Waals surface area contributed by atoms with E-state index in [2.05, 4.69) is 34.5 Å². The number of aryl methyl sites for hydroxylation is 1. The number of anilines is 1. The summed E-state index contributed by atoms with van der Waals surface area (Å²) in [5.41, 5.74) is 4.58. The fourth-order valence-corrected chi connectivity index (χ4v) is 6.92. The van der Waals surface area contributed by atoms with Crippen LogP contribution >= 0.6 is 23.1 Å². The highest BCUT2D eigenvalue weighted by Gasteiger charge is 2.45. The molecule has 236 valence electrons. The number of hydrogen-bond donors (Lipinski definition) is 1. The Bertz CT molecular complexity index is 1940. The molecule has 0 spiro atoms. The molecular weight excluding hydrogens is 631 g/mol. The second-order valence-corrected chi connectivity index (χ2v) is 12.9. The summed E-state index contributed by atoms with van der Waals surface area (Å²) in [6, 6.07) is 31.5. The number of aromatic nitrogens is 2. The summed E-state index contributed by atoms with van der Waals surface area (Å²) in [6.07, 6.45) is 3.01. The number of nitrogens with zero attached hydrogens (tertiary/aromatic N) is 3. The van der Waals surface area contributed by atoms with Crippen LogP contribution in [0.5, 0.6) is 11.5 Å². The molecule has 1 aliphatic heterocycles.